The number of benzene rings is 1. The van der Waals surface area contributed by atoms with Gasteiger partial charge in [0.1, 0.15) is 12.2 Å². The molecule has 1 amide bonds. The zero-order valence-corrected chi connectivity index (χ0v) is 14.1. The summed E-state index contributed by atoms with van der Waals surface area (Å²) < 4.78 is 6.85. The van der Waals surface area contributed by atoms with E-state index >= 15 is 0 Å². The fourth-order valence-corrected chi connectivity index (χ4v) is 2.78. The van der Waals surface area contributed by atoms with E-state index in [2.05, 4.69) is 20.4 Å². The Balaban J connectivity index is 1.64. The van der Waals surface area contributed by atoms with Crippen molar-refractivity contribution < 1.29 is 9.21 Å². The topological polar surface area (TPSA) is 112 Å². The molecule has 0 fully saturated rings. The lowest BCUT2D eigenvalue weighted by molar-refractivity contribution is -0.116. The van der Waals surface area contributed by atoms with E-state index in [1.807, 2.05) is 0 Å². The lowest BCUT2D eigenvalue weighted by atomic mass is 10.2. The number of nitrogens with zero attached hydrogens (tertiary/aromatic N) is 4. The maximum atomic E-state index is 12.3. The molecular weight excluding hydrogens is 356 g/mol. The first-order chi connectivity index (χ1) is 12.6. The van der Waals surface area contributed by atoms with Crippen molar-refractivity contribution in [3.63, 3.8) is 0 Å². The van der Waals surface area contributed by atoms with Crippen molar-refractivity contribution in [2.24, 2.45) is 0 Å². The molecule has 0 saturated carbocycles. The van der Waals surface area contributed by atoms with Crippen LogP contribution in [0.5, 0.6) is 0 Å². The maximum Gasteiger partial charge on any atom is 0.246 e. The number of carbonyl (C=O) groups is 1. The minimum Gasteiger partial charge on any atom is -0.463 e. The molecule has 3 heterocycles. The summed E-state index contributed by atoms with van der Waals surface area (Å²) in [5, 5.41) is 8.18. The van der Waals surface area contributed by atoms with Gasteiger partial charge in [-0.1, -0.05) is 17.7 Å². The highest BCUT2D eigenvalue weighted by Crippen LogP contribution is 2.27. The van der Waals surface area contributed by atoms with Gasteiger partial charge in [0.2, 0.25) is 11.9 Å². The first-order valence-corrected chi connectivity index (χ1v) is 8.06. The molecule has 1 aromatic carbocycles. The second kappa shape index (κ2) is 6.49. The highest BCUT2D eigenvalue weighted by Gasteiger charge is 2.16. The standard InChI is InChI=1S/C17H13ClN6O2/c18-10-3-1-4-11(7-10)21-14(25)9-24-16-12(8-20-24)15(22-17(19)23-16)13-5-2-6-26-13/h1-8H,9H2,(H,21,25)(H2,19,22,23). The number of halogens is 1. The third kappa shape index (κ3) is 3.09. The predicted octanol–water partition coefficient (Wildman–Crippen LogP) is 2.96. The van der Waals surface area contributed by atoms with Crippen molar-refractivity contribution in [3.05, 3.63) is 53.9 Å². The van der Waals surface area contributed by atoms with E-state index in [0.717, 1.165) is 0 Å². The Morgan fingerprint density at radius 3 is 2.92 bits per heavy atom. The number of fused-ring (bicyclic) bond motifs is 1. The number of aromatic nitrogens is 4. The number of carbonyl (C=O) groups excluding carboxylic acids is 1. The molecule has 0 atom stereocenters. The van der Waals surface area contributed by atoms with Crippen molar-refractivity contribution in [1.82, 2.24) is 19.7 Å². The van der Waals surface area contributed by atoms with Crippen LogP contribution in [0.15, 0.2) is 53.3 Å². The van der Waals surface area contributed by atoms with E-state index in [9.17, 15) is 4.79 Å². The van der Waals surface area contributed by atoms with Crippen LogP contribution in [0.2, 0.25) is 5.02 Å². The van der Waals surface area contributed by atoms with Gasteiger partial charge in [-0.2, -0.15) is 10.1 Å². The number of nitrogen functional groups attached to an aromatic ring is 1. The van der Waals surface area contributed by atoms with Crippen LogP contribution in [-0.2, 0) is 11.3 Å². The molecule has 0 spiro atoms. The predicted molar refractivity (Wildman–Crippen MR) is 97.5 cm³/mol. The summed E-state index contributed by atoms with van der Waals surface area (Å²) >= 11 is 5.92. The fraction of sp³-hybridized carbons (Fsp3) is 0.0588. The minimum atomic E-state index is -0.269. The summed E-state index contributed by atoms with van der Waals surface area (Å²) in [6.07, 6.45) is 3.13. The van der Waals surface area contributed by atoms with Gasteiger partial charge in [-0.05, 0) is 30.3 Å². The van der Waals surface area contributed by atoms with Crippen molar-refractivity contribution in [2.45, 2.75) is 6.54 Å². The Labute approximate surface area is 152 Å². The zero-order valence-electron chi connectivity index (χ0n) is 13.4. The van der Waals surface area contributed by atoms with Gasteiger partial charge < -0.3 is 15.5 Å². The number of rotatable bonds is 4. The van der Waals surface area contributed by atoms with Gasteiger partial charge in [-0.15, -0.1) is 0 Å². The fourth-order valence-electron chi connectivity index (χ4n) is 2.59. The molecule has 26 heavy (non-hydrogen) atoms. The van der Waals surface area contributed by atoms with Crippen LogP contribution in [0.3, 0.4) is 0 Å². The molecule has 0 unspecified atom stereocenters. The molecule has 3 N–H and O–H groups in total. The van der Waals surface area contributed by atoms with Crippen LogP contribution in [0.25, 0.3) is 22.5 Å². The van der Waals surface area contributed by atoms with E-state index in [1.54, 1.807) is 48.9 Å². The van der Waals surface area contributed by atoms with Gasteiger partial charge in [0, 0.05) is 10.7 Å². The van der Waals surface area contributed by atoms with Crippen molar-refractivity contribution in [2.75, 3.05) is 11.1 Å². The molecule has 130 valence electrons. The van der Waals surface area contributed by atoms with E-state index in [1.165, 1.54) is 4.68 Å². The van der Waals surface area contributed by atoms with Crippen LogP contribution in [-0.4, -0.2) is 25.7 Å². The van der Waals surface area contributed by atoms with Gasteiger partial charge in [0.25, 0.3) is 0 Å². The molecule has 0 aliphatic carbocycles. The quantitative estimate of drug-likeness (QED) is 0.572. The minimum absolute atomic E-state index is 0.0376. The van der Waals surface area contributed by atoms with E-state index < -0.39 is 0 Å². The second-order valence-corrected chi connectivity index (χ2v) is 5.94. The Kier molecular flexibility index (Phi) is 4.02. The van der Waals surface area contributed by atoms with Gasteiger partial charge in [0.15, 0.2) is 11.4 Å². The Hall–Kier alpha value is -3.39. The van der Waals surface area contributed by atoms with Crippen molar-refractivity contribution in [1.29, 1.82) is 0 Å². The average Bonchev–Trinajstić information content (AvgIpc) is 3.25. The number of hydrogen-bond donors (Lipinski definition) is 2. The highest BCUT2D eigenvalue weighted by atomic mass is 35.5. The van der Waals surface area contributed by atoms with Crippen LogP contribution >= 0.6 is 11.6 Å². The van der Waals surface area contributed by atoms with E-state index in [0.29, 0.717) is 33.2 Å². The Morgan fingerprint density at radius 1 is 1.27 bits per heavy atom. The van der Waals surface area contributed by atoms with Crippen LogP contribution in [0.4, 0.5) is 11.6 Å². The Bertz CT molecular complexity index is 1090. The molecule has 4 rings (SSSR count). The average molecular weight is 369 g/mol. The largest absolute Gasteiger partial charge is 0.463 e. The lowest BCUT2D eigenvalue weighted by Gasteiger charge is -2.07. The third-order valence-electron chi connectivity index (χ3n) is 3.67. The second-order valence-electron chi connectivity index (χ2n) is 5.51. The molecule has 0 aliphatic heterocycles. The van der Waals surface area contributed by atoms with Gasteiger partial charge in [-0.3, -0.25) is 4.79 Å². The van der Waals surface area contributed by atoms with E-state index in [-0.39, 0.29) is 18.4 Å². The number of amides is 1. The first-order valence-electron chi connectivity index (χ1n) is 7.68. The smallest absolute Gasteiger partial charge is 0.246 e. The number of anilines is 2. The maximum absolute atomic E-state index is 12.3. The molecule has 8 nitrogen and oxygen atoms in total. The van der Waals surface area contributed by atoms with Crippen LogP contribution in [0.1, 0.15) is 0 Å². The first kappa shape index (κ1) is 16.1. The Morgan fingerprint density at radius 2 is 2.15 bits per heavy atom. The van der Waals surface area contributed by atoms with E-state index in [4.69, 9.17) is 21.8 Å². The number of hydrogen-bond acceptors (Lipinski definition) is 6. The molecule has 3 aromatic heterocycles. The number of nitrogens with two attached hydrogens (primary N) is 1. The highest BCUT2D eigenvalue weighted by molar-refractivity contribution is 6.30. The summed E-state index contributed by atoms with van der Waals surface area (Å²) in [5.41, 5.74) is 7.39. The SMILES string of the molecule is Nc1nc(-c2ccco2)c2cnn(CC(=O)Nc3cccc(Cl)c3)c2n1. The van der Waals surface area contributed by atoms with Crippen LogP contribution in [0, 0.1) is 0 Å². The molecule has 4 aromatic rings. The summed E-state index contributed by atoms with van der Waals surface area (Å²) in [4.78, 5) is 20.7. The zero-order chi connectivity index (χ0) is 18.1. The normalized spacial score (nSPS) is 11.0. The summed E-state index contributed by atoms with van der Waals surface area (Å²) in [6, 6.07) is 10.4. The summed E-state index contributed by atoms with van der Waals surface area (Å²) in [5.74, 6) is 0.349. The monoisotopic (exact) mass is 368 g/mol. The number of furan rings is 1. The van der Waals surface area contributed by atoms with Gasteiger partial charge in [-0.25, -0.2) is 9.67 Å². The lowest BCUT2D eigenvalue weighted by Crippen LogP contribution is -2.19. The summed E-state index contributed by atoms with van der Waals surface area (Å²) in [7, 11) is 0. The number of nitrogens with one attached hydrogen (secondary N) is 1. The van der Waals surface area contributed by atoms with Gasteiger partial charge >= 0.3 is 0 Å². The molecule has 9 heteroatoms. The molecular formula is C17H13ClN6O2. The van der Waals surface area contributed by atoms with Crippen molar-refractivity contribution >= 4 is 40.2 Å². The van der Waals surface area contributed by atoms with Crippen LogP contribution < -0.4 is 11.1 Å². The molecule has 0 bridgehead atoms. The molecule has 0 saturated heterocycles. The third-order valence-corrected chi connectivity index (χ3v) is 3.90. The molecule has 0 aliphatic rings. The molecule has 0 radical (unpaired) electrons. The van der Waals surface area contributed by atoms with Crippen molar-refractivity contribution in [3.8, 4) is 11.5 Å². The van der Waals surface area contributed by atoms with Gasteiger partial charge in [0.05, 0.1) is 17.8 Å². The summed E-state index contributed by atoms with van der Waals surface area (Å²) in [6.45, 7) is -0.0376.